The van der Waals surface area contributed by atoms with E-state index < -0.39 is 0 Å². The van der Waals surface area contributed by atoms with E-state index in [1.54, 1.807) is 7.11 Å². The zero-order chi connectivity index (χ0) is 13.5. The SMILES string of the molecule is COc1ccc(CN2CCN(CCC#N)CC2)cc1. The van der Waals surface area contributed by atoms with Crippen LogP contribution in [0.3, 0.4) is 0 Å². The predicted molar refractivity (Wildman–Crippen MR) is 74.9 cm³/mol. The van der Waals surface area contributed by atoms with Gasteiger partial charge in [0, 0.05) is 45.7 Å². The normalized spacial score (nSPS) is 17.1. The van der Waals surface area contributed by atoms with Crippen molar-refractivity contribution in [1.29, 1.82) is 5.26 Å². The van der Waals surface area contributed by atoms with Gasteiger partial charge in [-0.1, -0.05) is 12.1 Å². The van der Waals surface area contributed by atoms with Crippen LogP contribution in [-0.4, -0.2) is 49.6 Å². The van der Waals surface area contributed by atoms with E-state index in [-0.39, 0.29) is 0 Å². The number of rotatable bonds is 5. The van der Waals surface area contributed by atoms with E-state index in [2.05, 4.69) is 28.0 Å². The summed E-state index contributed by atoms with van der Waals surface area (Å²) in [5.41, 5.74) is 1.33. The Labute approximate surface area is 115 Å². The minimum atomic E-state index is 0.637. The van der Waals surface area contributed by atoms with E-state index in [4.69, 9.17) is 10.00 Å². The van der Waals surface area contributed by atoms with Crippen LogP contribution in [0.25, 0.3) is 0 Å². The van der Waals surface area contributed by atoms with Crippen LogP contribution in [0.15, 0.2) is 24.3 Å². The fraction of sp³-hybridized carbons (Fsp3) is 0.533. The number of nitrogens with zero attached hydrogens (tertiary/aromatic N) is 3. The highest BCUT2D eigenvalue weighted by atomic mass is 16.5. The molecular formula is C15H21N3O. The zero-order valence-electron chi connectivity index (χ0n) is 11.5. The molecule has 19 heavy (non-hydrogen) atoms. The van der Waals surface area contributed by atoms with E-state index in [0.717, 1.165) is 45.0 Å². The van der Waals surface area contributed by atoms with Crippen LogP contribution in [0.2, 0.25) is 0 Å². The van der Waals surface area contributed by atoms with Crippen molar-refractivity contribution < 1.29 is 4.74 Å². The molecule has 4 heteroatoms. The first-order valence-corrected chi connectivity index (χ1v) is 6.76. The summed E-state index contributed by atoms with van der Waals surface area (Å²) < 4.78 is 5.16. The monoisotopic (exact) mass is 259 g/mol. The highest BCUT2D eigenvalue weighted by Crippen LogP contribution is 2.14. The Hall–Kier alpha value is -1.57. The molecule has 1 aromatic carbocycles. The van der Waals surface area contributed by atoms with Crippen LogP contribution >= 0.6 is 0 Å². The fourth-order valence-corrected chi connectivity index (χ4v) is 2.37. The lowest BCUT2D eigenvalue weighted by atomic mass is 10.2. The molecule has 1 saturated heterocycles. The molecule has 0 atom stereocenters. The van der Waals surface area contributed by atoms with Crippen LogP contribution in [0, 0.1) is 11.3 Å². The van der Waals surface area contributed by atoms with Crippen molar-refractivity contribution in [2.75, 3.05) is 39.8 Å². The van der Waals surface area contributed by atoms with Crippen LogP contribution in [0.1, 0.15) is 12.0 Å². The van der Waals surface area contributed by atoms with Gasteiger partial charge in [0.1, 0.15) is 5.75 Å². The van der Waals surface area contributed by atoms with Crippen LogP contribution in [0.4, 0.5) is 0 Å². The molecule has 0 N–H and O–H groups in total. The van der Waals surface area contributed by atoms with Crippen molar-refractivity contribution in [2.45, 2.75) is 13.0 Å². The first-order valence-electron chi connectivity index (χ1n) is 6.76. The van der Waals surface area contributed by atoms with Gasteiger partial charge in [-0.2, -0.15) is 5.26 Å². The molecule has 0 bridgehead atoms. The summed E-state index contributed by atoms with van der Waals surface area (Å²) in [5.74, 6) is 0.907. The van der Waals surface area contributed by atoms with Gasteiger partial charge >= 0.3 is 0 Å². The summed E-state index contributed by atoms with van der Waals surface area (Å²) in [6.45, 7) is 6.20. The van der Waals surface area contributed by atoms with E-state index in [1.807, 2.05) is 12.1 Å². The number of ether oxygens (including phenoxy) is 1. The van der Waals surface area contributed by atoms with Gasteiger partial charge in [-0.05, 0) is 17.7 Å². The summed E-state index contributed by atoms with van der Waals surface area (Å²) in [4.78, 5) is 4.83. The van der Waals surface area contributed by atoms with Gasteiger partial charge in [-0.25, -0.2) is 0 Å². The smallest absolute Gasteiger partial charge is 0.118 e. The number of hydrogen-bond donors (Lipinski definition) is 0. The molecule has 0 spiro atoms. The summed E-state index contributed by atoms with van der Waals surface area (Å²) in [7, 11) is 1.69. The standard InChI is InChI=1S/C15H21N3O/c1-19-15-5-3-14(4-6-15)13-18-11-9-17(10-12-18)8-2-7-16/h3-6H,2,8-13H2,1H3. The molecule has 0 saturated carbocycles. The number of nitriles is 1. The van der Waals surface area contributed by atoms with Crippen LogP contribution in [-0.2, 0) is 6.54 Å². The second kappa shape index (κ2) is 7.13. The maximum atomic E-state index is 8.59. The molecular weight excluding hydrogens is 238 g/mol. The van der Waals surface area contributed by atoms with E-state index in [1.165, 1.54) is 5.56 Å². The van der Waals surface area contributed by atoms with Gasteiger partial charge in [0.25, 0.3) is 0 Å². The number of methoxy groups -OCH3 is 1. The molecule has 0 aromatic heterocycles. The molecule has 1 aliphatic heterocycles. The molecule has 2 rings (SSSR count). The van der Waals surface area contributed by atoms with Gasteiger partial charge in [-0.3, -0.25) is 9.80 Å². The highest BCUT2D eigenvalue weighted by molar-refractivity contribution is 5.27. The zero-order valence-corrected chi connectivity index (χ0v) is 11.5. The van der Waals surface area contributed by atoms with Gasteiger partial charge in [-0.15, -0.1) is 0 Å². The Morgan fingerprint density at radius 3 is 2.32 bits per heavy atom. The highest BCUT2D eigenvalue weighted by Gasteiger charge is 2.16. The summed E-state index contributed by atoms with van der Waals surface area (Å²) in [5, 5.41) is 8.59. The van der Waals surface area contributed by atoms with Crippen molar-refractivity contribution >= 4 is 0 Å². The second-order valence-electron chi connectivity index (χ2n) is 4.87. The molecule has 102 valence electrons. The van der Waals surface area contributed by atoms with Gasteiger partial charge in [0.2, 0.25) is 0 Å². The molecule has 0 unspecified atom stereocenters. The van der Waals surface area contributed by atoms with Gasteiger partial charge in [0.05, 0.1) is 13.2 Å². The Morgan fingerprint density at radius 1 is 1.11 bits per heavy atom. The molecule has 1 aliphatic rings. The predicted octanol–water partition coefficient (Wildman–Crippen LogP) is 1.73. The molecule has 1 heterocycles. The summed E-state index contributed by atoms with van der Waals surface area (Å²) >= 11 is 0. The lowest BCUT2D eigenvalue weighted by Crippen LogP contribution is -2.46. The third-order valence-electron chi connectivity index (χ3n) is 3.57. The number of hydrogen-bond acceptors (Lipinski definition) is 4. The lowest BCUT2D eigenvalue weighted by Gasteiger charge is -2.34. The third kappa shape index (κ3) is 4.23. The van der Waals surface area contributed by atoms with Crippen molar-refractivity contribution in [3.05, 3.63) is 29.8 Å². The minimum absolute atomic E-state index is 0.637. The van der Waals surface area contributed by atoms with Crippen molar-refractivity contribution in [3.63, 3.8) is 0 Å². The van der Waals surface area contributed by atoms with E-state index >= 15 is 0 Å². The quantitative estimate of drug-likeness (QED) is 0.807. The first-order chi connectivity index (χ1) is 9.31. The molecule has 0 radical (unpaired) electrons. The maximum Gasteiger partial charge on any atom is 0.118 e. The van der Waals surface area contributed by atoms with Crippen molar-refractivity contribution in [2.24, 2.45) is 0 Å². The second-order valence-corrected chi connectivity index (χ2v) is 4.87. The molecule has 4 nitrogen and oxygen atoms in total. The van der Waals surface area contributed by atoms with Crippen molar-refractivity contribution in [3.8, 4) is 11.8 Å². The van der Waals surface area contributed by atoms with Crippen molar-refractivity contribution in [1.82, 2.24) is 9.80 Å². The van der Waals surface area contributed by atoms with Crippen LogP contribution < -0.4 is 4.74 Å². The summed E-state index contributed by atoms with van der Waals surface area (Å²) in [6.07, 6.45) is 0.637. The Kier molecular flexibility index (Phi) is 5.20. The Morgan fingerprint density at radius 2 is 1.74 bits per heavy atom. The minimum Gasteiger partial charge on any atom is -0.497 e. The molecule has 0 amide bonds. The van der Waals surface area contributed by atoms with Gasteiger partial charge < -0.3 is 4.74 Å². The summed E-state index contributed by atoms with van der Waals surface area (Å²) in [6, 6.07) is 10.5. The molecule has 0 aliphatic carbocycles. The van der Waals surface area contributed by atoms with Gasteiger partial charge in [0.15, 0.2) is 0 Å². The Bertz CT molecular complexity index is 416. The topological polar surface area (TPSA) is 39.5 Å². The number of piperazine rings is 1. The molecule has 1 aromatic rings. The largest absolute Gasteiger partial charge is 0.497 e. The number of benzene rings is 1. The van der Waals surface area contributed by atoms with Crippen LogP contribution in [0.5, 0.6) is 5.75 Å². The van der Waals surface area contributed by atoms with E-state index in [0.29, 0.717) is 6.42 Å². The average Bonchev–Trinajstić information content (AvgIpc) is 2.47. The average molecular weight is 259 g/mol. The molecule has 1 fully saturated rings. The maximum absolute atomic E-state index is 8.59. The van der Waals surface area contributed by atoms with E-state index in [9.17, 15) is 0 Å². The third-order valence-corrected chi connectivity index (χ3v) is 3.57. The Balaban J connectivity index is 1.77. The fourth-order valence-electron chi connectivity index (χ4n) is 2.37. The first kappa shape index (κ1) is 13.9. The lowest BCUT2D eigenvalue weighted by molar-refractivity contribution is 0.129.